The first-order valence-electron chi connectivity index (χ1n) is 18.6. The molecule has 1 aromatic rings. The van der Waals surface area contributed by atoms with Gasteiger partial charge in [-0.15, -0.1) is 6.58 Å². The number of ketones is 1. The lowest BCUT2D eigenvalue weighted by Gasteiger charge is -2.37. The summed E-state index contributed by atoms with van der Waals surface area (Å²) in [5.74, 6) is -3.07. The normalized spacial score (nSPS) is 19.4. The molecule has 0 saturated carbocycles. The minimum Gasteiger partial charge on any atom is -0.346 e. The monoisotopic (exact) mass is 759 g/mol. The Labute approximate surface area is 316 Å². The Kier molecular flexibility index (Phi) is 15.2. The molecule has 1 saturated heterocycles. The van der Waals surface area contributed by atoms with E-state index in [0.717, 1.165) is 15.4 Å². The van der Waals surface area contributed by atoms with Crippen molar-refractivity contribution in [3.8, 4) is 0 Å². The second-order valence-corrected chi connectivity index (χ2v) is 18.2. The number of likely N-dealkylation sites (tertiary alicyclic amines) is 1. The molecule has 1 unspecified atom stereocenters. The fourth-order valence-corrected chi connectivity index (χ4v) is 8.11. The molecule has 1 aromatic carbocycles. The van der Waals surface area contributed by atoms with Crippen molar-refractivity contribution in [3.63, 3.8) is 0 Å². The van der Waals surface area contributed by atoms with Crippen LogP contribution in [0.4, 0.5) is 4.79 Å². The number of amides is 5. The summed E-state index contributed by atoms with van der Waals surface area (Å²) in [4.78, 5) is 70.1. The van der Waals surface area contributed by atoms with Crippen LogP contribution in [0.2, 0.25) is 0 Å². The molecule has 296 valence electrons. The van der Waals surface area contributed by atoms with E-state index in [1.807, 2.05) is 65.8 Å². The maximum absolute atomic E-state index is 14.8. The second kappa shape index (κ2) is 18.5. The van der Waals surface area contributed by atoms with Crippen LogP contribution < -0.4 is 21.3 Å². The molecule has 5 atom stereocenters. The van der Waals surface area contributed by atoms with Crippen LogP contribution in [0.5, 0.6) is 0 Å². The molecule has 1 aliphatic heterocycles. The molecule has 2 aliphatic rings. The van der Waals surface area contributed by atoms with Gasteiger partial charge in [-0.3, -0.25) is 19.2 Å². The van der Waals surface area contributed by atoms with Crippen molar-refractivity contribution in [1.29, 1.82) is 0 Å². The van der Waals surface area contributed by atoms with E-state index in [1.54, 1.807) is 0 Å². The first-order chi connectivity index (χ1) is 24.7. The summed E-state index contributed by atoms with van der Waals surface area (Å²) in [6.45, 7) is 15.4. The summed E-state index contributed by atoms with van der Waals surface area (Å²) in [5, 5.41) is 11.2. The molecule has 5 amide bonds. The van der Waals surface area contributed by atoms with Gasteiger partial charge >= 0.3 is 6.03 Å². The summed E-state index contributed by atoms with van der Waals surface area (Å²) >= 11 is 0. The van der Waals surface area contributed by atoms with E-state index < -0.39 is 69.3 Å². The SMILES string of the molecule is C=CCNC(=O)C(=O)C(CCC)NC(=O)[C@@H]1[C@@H](C(C)C)CCN1C(=O)[C@@H](NC(=O)N[C@H](CN(C)S(=O)(=O)N(C)C)C(C)(C)C)C1Cc2ccccc2C1. The predicted molar refractivity (Wildman–Crippen MR) is 205 cm³/mol. The van der Waals surface area contributed by atoms with E-state index in [2.05, 4.69) is 27.8 Å². The smallest absolute Gasteiger partial charge is 0.315 e. The van der Waals surface area contributed by atoms with Crippen molar-refractivity contribution < 1.29 is 32.4 Å². The molecule has 0 bridgehead atoms. The second-order valence-electron chi connectivity index (χ2n) is 15.9. The molecule has 3 rings (SSSR count). The van der Waals surface area contributed by atoms with Crippen molar-refractivity contribution in [2.75, 3.05) is 40.8 Å². The third kappa shape index (κ3) is 10.9. The topological polar surface area (TPSA) is 177 Å². The van der Waals surface area contributed by atoms with Crippen LogP contribution in [0.1, 0.15) is 71.9 Å². The van der Waals surface area contributed by atoms with Gasteiger partial charge in [0.25, 0.3) is 16.1 Å². The first kappa shape index (κ1) is 43.6. The highest BCUT2D eigenvalue weighted by molar-refractivity contribution is 7.86. The van der Waals surface area contributed by atoms with Crippen LogP contribution in [0.15, 0.2) is 36.9 Å². The Morgan fingerprint density at radius 3 is 2.11 bits per heavy atom. The molecular weight excluding hydrogens is 699 g/mol. The van der Waals surface area contributed by atoms with Crippen LogP contribution >= 0.6 is 0 Å². The van der Waals surface area contributed by atoms with Gasteiger partial charge < -0.3 is 26.2 Å². The molecule has 1 aliphatic carbocycles. The number of carbonyl (C=O) groups excluding carboxylic acids is 5. The van der Waals surface area contributed by atoms with Crippen LogP contribution in [0.25, 0.3) is 0 Å². The number of hydrogen-bond donors (Lipinski definition) is 4. The van der Waals surface area contributed by atoms with Gasteiger partial charge in [0.05, 0.1) is 6.04 Å². The van der Waals surface area contributed by atoms with Crippen LogP contribution in [0.3, 0.4) is 0 Å². The molecule has 4 N–H and O–H groups in total. The average molecular weight is 760 g/mol. The van der Waals surface area contributed by atoms with Gasteiger partial charge in [-0.05, 0) is 60.0 Å². The van der Waals surface area contributed by atoms with Crippen molar-refractivity contribution in [1.82, 2.24) is 34.8 Å². The lowest BCUT2D eigenvalue weighted by molar-refractivity contribution is -0.144. The number of benzene rings is 1. The molecule has 1 fully saturated rings. The Morgan fingerprint density at radius 1 is 1.00 bits per heavy atom. The Balaban J connectivity index is 1.95. The van der Waals surface area contributed by atoms with Crippen molar-refractivity contribution >= 4 is 39.7 Å². The van der Waals surface area contributed by atoms with E-state index in [4.69, 9.17) is 0 Å². The molecule has 15 heteroatoms. The number of hydrogen-bond acceptors (Lipinski definition) is 7. The van der Waals surface area contributed by atoms with Crippen LogP contribution in [-0.4, -0.2) is 116 Å². The highest BCUT2D eigenvalue weighted by atomic mass is 32.2. The molecule has 1 heterocycles. The lowest BCUT2D eigenvalue weighted by Crippen LogP contribution is -2.61. The maximum atomic E-state index is 14.8. The van der Waals surface area contributed by atoms with Gasteiger partial charge in [-0.25, -0.2) is 4.79 Å². The summed E-state index contributed by atoms with van der Waals surface area (Å²) < 4.78 is 28.0. The predicted octanol–water partition coefficient (Wildman–Crippen LogP) is 2.25. The fraction of sp³-hybridized carbons (Fsp3) is 0.658. The number of likely N-dealkylation sites (N-methyl/N-ethyl adjacent to an activating group) is 1. The third-order valence-corrected chi connectivity index (χ3v) is 12.3. The quantitative estimate of drug-likeness (QED) is 0.139. The number of fused-ring (bicyclic) bond motifs is 1. The zero-order chi connectivity index (χ0) is 39.8. The van der Waals surface area contributed by atoms with E-state index in [0.29, 0.717) is 25.7 Å². The van der Waals surface area contributed by atoms with Gasteiger partial charge in [0.1, 0.15) is 12.1 Å². The number of rotatable bonds is 17. The number of urea groups is 1. The summed E-state index contributed by atoms with van der Waals surface area (Å²) in [5.41, 5.74) is 1.59. The summed E-state index contributed by atoms with van der Waals surface area (Å²) in [6, 6.07) is 3.58. The molecule has 14 nitrogen and oxygen atoms in total. The highest BCUT2D eigenvalue weighted by Gasteiger charge is 2.48. The van der Waals surface area contributed by atoms with Gasteiger partial charge in [0.15, 0.2) is 0 Å². The Morgan fingerprint density at radius 2 is 1.60 bits per heavy atom. The van der Waals surface area contributed by atoms with E-state index in [1.165, 1.54) is 36.4 Å². The van der Waals surface area contributed by atoms with Gasteiger partial charge in [0, 0.05) is 46.8 Å². The molecule has 0 spiro atoms. The third-order valence-electron chi connectivity index (χ3n) is 10.4. The molecule has 0 radical (unpaired) electrons. The number of carbonyl (C=O) groups is 5. The van der Waals surface area contributed by atoms with Crippen molar-refractivity contribution in [3.05, 3.63) is 48.0 Å². The van der Waals surface area contributed by atoms with E-state index in [-0.39, 0.29) is 43.8 Å². The van der Waals surface area contributed by atoms with E-state index >= 15 is 0 Å². The Hall–Kier alpha value is -3.82. The minimum absolute atomic E-state index is 0.00758. The fourth-order valence-electron chi connectivity index (χ4n) is 7.22. The molecule has 0 aromatic heterocycles. The minimum atomic E-state index is -3.76. The van der Waals surface area contributed by atoms with Crippen molar-refractivity contribution in [2.24, 2.45) is 23.2 Å². The molecular formula is C38H61N7O7S. The maximum Gasteiger partial charge on any atom is 0.315 e. The first-order valence-corrected chi connectivity index (χ1v) is 20.0. The average Bonchev–Trinajstić information content (AvgIpc) is 3.73. The number of nitrogens with zero attached hydrogens (tertiary/aromatic N) is 3. The van der Waals surface area contributed by atoms with Crippen LogP contribution in [-0.2, 0) is 42.2 Å². The van der Waals surface area contributed by atoms with Gasteiger partial charge in [0.2, 0.25) is 17.6 Å². The largest absolute Gasteiger partial charge is 0.346 e. The summed E-state index contributed by atoms with van der Waals surface area (Å²) in [7, 11) is 0.560. The molecule has 53 heavy (non-hydrogen) atoms. The highest BCUT2D eigenvalue weighted by Crippen LogP contribution is 2.35. The lowest BCUT2D eigenvalue weighted by atomic mass is 9.86. The number of nitrogens with one attached hydrogen (secondary N) is 4. The summed E-state index contributed by atoms with van der Waals surface area (Å²) in [6.07, 6.45) is 3.83. The standard InChI is InChI=1S/C38H61N7O7S/c1-11-15-29(33(46)35(48)39-19-12-2)40-34(47)32-28(24(3)4)18-20-45(32)36(49)31(27-21-25-16-13-14-17-26(25)22-27)42-37(50)41-30(38(5,6)7)23-44(10)53(51,52)43(8)9/h12-14,16-17,24,27-32H,2,11,15,18-23H2,1,3-10H3,(H,39,48)(H,40,47)(H2,41,42,50)/t28-,29?,30-,31+,32+/m1/s1. The van der Waals surface area contributed by atoms with Crippen LogP contribution in [0, 0.1) is 23.2 Å². The van der Waals surface area contributed by atoms with E-state index in [9.17, 15) is 32.4 Å². The zero-order valence-corrected chi connectivity index (χ0v) is 33.7. The number of Topliss-reactive ketones (excluding diaryl/α,β-unsaturated/α-hetero) is 1. The Bertz CT molecular complexity index is 1580. The van der Waals surface area contributed by atoms with Gasteiger partial charge in [-0.1, -0.05) is 78.3 Å². The van der Waals surface area contributed by atoms with Gasteiger partial charge in [-0.2, -0.15) is 17.0 Å². The van der Waals surface area contributed by atoms with Crippen molar-refractivity contribution in [2.45, 2.75) is 97.8 Å². The zero-order valence-electron chi connectivity index (χ0n) is 32.9.